The van der Waals surface area contributed by atoms with Crippen LogP contribution in [0.25, 0.3) is 0 Å². The van der Waals surface area contributed by atoms with Crippen molar-refractivity contribution in [2.75, 3.05) is 55.8 Å². The summed E-state index contributed by atoms with van der Waals surface area (Å²) < 4.78 is 5.73. The zero-order valence-corrected chi connectivity index (χ0v) is 18.6. The molecule has 4 rings (SSSR count). The van der Waals surface area contributed by atoms with Crippen molar-refractivity contribution < 1.29 is 14.3 Å². The van der Waals surface area contributed by atoms with E-state index in [0.29, 0.717) is 19.7 Å². The fraction of sp³-hybridized carbons (Fsp3) is 0.458. The molecule has 2 saturated heterocycles. The van der Waals surface area contributed by atoms with Crippen molar-refractivity contribution in [1.82, 2.24) is 15.2 Å². The lowest BCUT2D eigenvalue weighted by atomic mass is 10.1. The molecule has 0 bridgehead atoms. The highest BCUT2D eigenvalue weighted by Gasteiger charge is 2.25. The summed E-state index contributed by atoms with van der Waals surface area (Å²) in [6, 6.07) is 14.2. The monoisotopic (exact) mass is 437 g/mol. The number of aromatic nitrogens is 1. The van der Waals surface area contributed by atoms with Crippen LogP contribution >= 0.6 is 0 Å². The Balaban J connectivity index is 1.23. The summed E-state index contributed by atoms with van der Waals surface area (Å²) in [4.78, 5) is 34.6. The number of anilines is 2. The number of nitrogens with one attached hydrogen (secondary N) is 1. The number of benzene rings is 1. The van der Waals surface area contributed by atoms with Gasteiger partial charge in [-0.3, -0.25) is 9.59 Å². The molecular formula is C24H31N5O3. The Morgan fingerprint density at radius 3 is 2.53 bits per heavy atom. The van der Waals surface area contributed by atoms with Crippen molar-refractivity contribution in [1.29, 1.82) is 0 Å². The van der Waals surface area contributed by atoms with Crippen molar-refractivity contribution in [3.8, 4) is 0 Å². The maximum atomic E-state index is 12.6. The molecule has 2 aromatic rings. The highest BCUT2D eigenvalue weighted by molar-refractivity contribution is 5.76. The first kappa shape index (κ1) is 22.1. The van der Waals surface area contributed by atoms with E-state index in [4.69, 9.17) is 4.74 Å². The van der Waals surface area contributed by atoms with Crippen molar-refractivity contribution >= 4 is 23.3 Å². The van der Waals surface area contributed by atoms with E-state index in [9.17, 15) is 9.59 Å². The number of pyridine rings is 1. The van der Waals surface area contributed by atoms with Gasteiger partial charge in [-0.15, -0.1) is 0 Å². The number of aryl methyl sites for hydroxylation is 1. The predicted molar refractivity (Wildman–Crippen MR) is 124 cm³/mol. The van der Waals surface area contributed by atoms with Gasteiger partial charge < -0.3 is 24.8 Å². The van der Waals surface area contributed by atoms with Crippen molar-refractivity contribution in [3.05, 3.63) is 54.2 Å². The van der Waals surface area contributed by atoms with Gasteiger partial charge in [0, 0.05) is 52.6 Å². The Hall–Kier alpha value is -3.13. The highest BCUT2D eigenvalue weighted by atomic mass is 16.5. The van der Waals surface area contributed by atoms with E-state index in [0.717, 1.165) is 50.6 Å². The second-order valence-electron chi connectivity index (χ2n) is 8.31. The van der Waals surface area contributed by atoms with E-state index in [1.165, 1.54) is 12.5 Å². The van der Waals surface area contributed by atoms with Gasteiger partial charge in [0.25, 0.3) is 0 Å². The maximum absolute atomic E-state index is 12.6. The first-order valence-electron chi connectivity index (χ1n) is 11.2. The normalized spacial score (nSPS) is 18.7. The molecule has 1 aromatic carbocycles. The summed E-state index contributed by atoms with van der Waals surface area (Å²) in [5, 5.41) is 2.80. The fourth-order valence-corrected chi connectivity index (χ4v) is 4.10. The molecule has 0 radical (unpaired) electrons. The molecule has 2 aliphatic heterocycles. The van der Waals surface area contributed by atoms with Crippen LogP contribution < -0.4 is 15.1 Å². The van der Waals surface area contributed by atoms with Gasteiger partial charge in [0.2, 0.25) is 11.8 Å². The predicted octanol–water partition coefficient (Wildman–Crippen LogP) is 1.66. The zero-order chi connectivity index (χ0) is 22.3. The second kappa shape index (κ2) is 10.5. The van der Waals surface area contributed by atoms with Gasteiger partial charge in [0.15, 0.2) is 0 Å². The molecule has 0 saturated carbocycles. The number of hydrogen-bond donors (Lipinski definition) is 1. The van der Waals surface area contributed by atoms with Gasteiger partial charge in [0.1, 0.15) is 12.5 Å². The minimum Gasteiger partial charge on any atom is -0.354 e. The largest absolute Gasteiger partial charge is 0.354 e. The molecule has 0 aliphatic carbocycles. The van der Waals surface area contributed by atoms with E-state index >= 15 is 0 Å². The fourth-order valence-electron chi connectivity index (χ4n) is 4.10. The summed E-state index contributed by atoms with van der Waals surface area (Å²) in [5.74, 6) is 1.11. The van der Waals surface area contributed by atoms with Crippen LogP contribution in [0.2, 0.25) is 0 Å². The van der Waals surface area contributed by atoms with E-state index < -0.39 is 0 Å². The number of hydrogen-bond acceptors (Lipinski definition) is 6. The SMILES string of the molecule is CC(=O)NCC1CN(c2ccc(N3CCN(C(=O)CCc4ccccc4)CC3)nc2)CO1. The third-order valence-electron chi connectivity index (χ3n) is 5.99. The lowest BCUT2D eigenvalue weighted by Gasteiger charge is -2.35. The van der Waals surface area contributed by atoms with Gasteiger partial charge in [-0.1, -0.05) is 30.3 Å². The van der Waals surface area contributed by atoms with Gasteiger partial charge in [-0.25, -0.2) is 4.98 Å². The molecule has 1 unspecified atom stereocenters. The van der Waals surface area contributed by atoms with Crippen LogP contribution in [-0.4, -0.2) is 73.8 Å². The number of carbonyl (C=O) groups excluding carboxylic acids is 2. The molecule has 32 heavy (non-hydrogen) atoms. The quantitative estimate of drug-likeness (QED) is 0.710. The standard InChI is InChI=1S/C24H31N5O3/c1-19(30)25-16-22-17-29(18-32-22)21-8-9-23(26-15-21)27-11-13-28(14-12-27)24(31)10-7-20-5-3-2-4-6-20/h2-6,8-9,15,22H,7,10-14,16-18H2,1H3,(H,25,30). The minimum absolute atomic E-state index is 0.00826. The van der Waals surface area contributed by atoms with Crippen LogP contribution in [0.3, 0.4) is 0 Å². The third kappa shape index (κ3) is 5.76. The van der Waals surface area contributed by atoms with Crippen molar-refractivity contribution in [2.24, 2.45) is 0 Å². The van der Waals surface area contributed by atoms with Crippen LogP contribution in [0.4, 0.5) is 11.5 Å². The van der Waals surface area contributed by atoms with Crippen LogP contribution in [0.1, 0.15) is 18.9 Å². The molecule has 1 atom stereocenters. The number of carbonyl (C=O) groups is 2. The average Bonchev–Trinajstić information content (AvgIpc) is 3.31. The van der Waals surface area contributed by atoms with E-state index in [1.54, 1.807) is 0 Å². The molecule has 170 valence electrons. The minimum atomic E-state index is -0.0453. The topological polar surface area (TPSA) is 78.0 Å². The maximum Gasteiger partial charge on any atom is 0.223 e. The Kier molecular flexibility index (Phi) is 7.21. The molecule has 3 heterocycles. The first-order chi connectivity index (χ1) is 15.6. The molecule has 2 amide bonds. The lowest BCUT2D eigenvalue weighted by Crippen LogP contribution is -2.49. The summed E-state index contributed by atoms with van der Waals surface area (Å²) in [6.07, 6.45) is 3.20. The van der Waals surface area contributed by atoms with Gasteiger partial charge in [0.05, 0.1) is 18.0 Å². The molecule has 1 aromatic heterocycles. The van der Waals surface area contributed by atoms with Crippen LogP contribution in [0, 0.1) is 0 Å². The lowest BCUT2D eigenvalue weighted by molar-refractivity contribution is -0.131. The van der Waals surface area contributed by atoms with Crippen LogP contribution in [0.15, 0.2) is 48.7 Å². The molecule has 2 fully saturated rings. The number of amides is 2. The van der Waals surface area contributed by atoms with Crippen LogP contribution in [0.5, 0.6) is 0 Å². The summed E-state index contributed by atoms with van der Waals surface area (Å²) in [7, 11) is 0. The highest BCUT2D eigenvalue weighted by Crippen LogP contribution is 2.22. The third-order valence-corrected chi connectivity index (χ3v) is 5.99. The Labute approximate surface area is 189 Å². The Morgan fingerprint density at radius 2 is 1.84 bits per heavy atom. The second-order valence-corrected chi connectivity index (χ2v) is 8.31. The van der Waals surface area contributed by atoms with Crippen molar-refractivity contribution in [3.63, 3.8) is 0 Å². The Morgan fingerprint density at radius 1 is 1.06 bits per heavy atom. The van der Waals surface area contributed by atoms with Gasteiger partial charge >= 0.3 is 0 Å². The van der Waals surface area contributed by atoms with Gasteiger partial charge in [-0.2, -0.15) is 0 Å². The number of nitrogens with zero attached hydrogens (tertiary/aromatic N) is 4. The van der Waals surface area contributed by atoms with E-state index in [-0.39, 0.29) is 17.9 Å². The van der Waals surface area contributed by atoms with Crippen molar-refractivity contribution in [2.45, 2.75) is 25.9 Å². The van der Waals surface area contributed by atoms with E-state index in [2.05, 4.69) is 38.3 Å². The average molecular weight is 438 g/mol. The number of ether oxygens (including phenoxy) is 1. The number of rotatable bonds is 7. The van der Waals surface area contributed by atoms with Gasteiger partial charge in [-0.05, 0) is 24.1 Å². The van der Waals surface area contributed by atoms with E-state index in [1.807, 2.05) is 35.4 Å². The number of piperazine rings is 1. The molecule has 0 spiro atoms. The summed E-state index contributed by atoms with van der Waals surface area (Å²) >= 11 is 0. The zero-order valence-electron chi connectivity index (χ0n) is 18.6. The van der Waals surface area contributed by atoms with Crippen LogP contribution in [-0.2, 0) is 20.7 Å². The first-order valence-corrected chi connectivity index (χ1v) is 11.2. The molecule has 8 nitrogen and oxygen atoms in total. The molecule has 2 aliphatic rings. The summed E-state index contributed by atoms with van der Waals surface area (Å²) in [6.45, 7) is 6.27. The Bertz CT molecular complexity index is 898. The molecule has 8 heteroatoms. The smallest absolute Gasteiger partial charge is 0.223 e. The molecular weight excluding hydrogens is 406 g/mol. The summed E-state index contributed by atoms with van der Waals surface area (Å²) in [5.41, 5.74) is 2.21. The molecule has 1 N–H and O–H groups in total.